The lowest BCUT2D eigenvalue weighted by Crippen LogP contribution is -2.44. The molecule has 0 radical (unpaired) electrons. The van der Waals surface area contributed by atoms with Crippen molar-refractivity contribution >= 4 is 11.8 Å². The molecule has 0 aromatic heterocycles. The molecule has 1 saturated heterocycles. The van der Waals surface area contributed by atoms with Gasteiger partial charge in [0.25, 0.3) is 5.91 Å². The number of aliphatic hydroxyl groups excluding tert-OH is 1. The van der Waals surface area contributed by atoms with Crippen LogP contribution < -0.4 is 4.74 Å². The molecule has 0 spiro atoms. The van der Waals surface area contributed by atoms with Crippen LogP contribution in [0.1, 0.15) is 48.0 Å². The van der Waals surface area contributed by atoms with Gasteiger partial charge in [-0.2, -0.15) is 0 Å². The third kappa shape index (κ3) is 5.76. The van der Waals surface area contributed by atoms with Gasteiger partial charge in [0.15, 0.2) is 0 Å². The number of ether oxygens (including phenoxy) is 1. The predicted octanol–water partition coefficient (Wildman–Crippen LogP) is 3.67. The molecule has 0 unspecified atom stereocenters. The Bertz CT molecular complexity index is 986. The number of benzene rings is 2. The molecule has 1 N–H and O–H groups in total. The van der Waals surface area contributed by atoms with Crippen LogP contribution in [0, 0.1) is 11.2 Å². The summed E-state index contributed by atoms with van der Waals surface area (Å²) in [7, 11) is 0. The van der Waals surface area contributed by atoms with Crippen LogP contribution in [0.4, 0.5) is 4.39 Å². The summed E-state index contributed by atoms with van der Waals surface area (Å²) in [6.07, 6.45) is 4.34. The van der Waals surface area contributed by atoms with Crippen molar-refractivity contribution in [3.05, 3.63) is 65.5 Å². The summed E-state index contributed by atoms with van der Waals surface area (Å²) in [6, 6.07) is 13.2. The molecule has 0 atom stereocenters. The lowest BCUT2D eigenvalue weighted by Gasteiger charge is -2.41. The van der Waals surface area contributed by atoms with Crippen LogP contribution >= 0.6 is 0 Å². The molecule has 6 nitrogen and oxygen atoms in total. The van der Waals surface area contributed by atoms with Gasteiger partial charge in [-0.05, 0) is 60.9 Å². The lowest BCUT2D eigenvalue weighted by atomic mass is 9.75. The van der Waals surface area contributed by atoms with Crippen molar-refractivity contribution in [2.45, 2.75) is 38.5 Å². The Morgan fingerprint density at radius 3 is 2.44 bits per heavy atom. The molecule has 3 aliphatic heterocycles. The Labute approximate surface area is 200 Å². The lowest BCUT2D eigenvalue weighted by molar-refractivity contribution is -0.131. The predicted molar refractivity (Wildman–Crippen MR) is 127 cm³/mol. The average molecular weight is 469 g/mol. The highest BCUT2D eigenvalue weighted by Gasteiger charge is 2.36. The van der Waals surface area contributed by atoms with Crippen LogP contribution in [0.15, 0.2) is 48.5 Å². The molecule has 1 fully saturated rings. The molecule has 2 amide bonds. The van der Waals surface area contributed by atoms with E-state index in [9.17, 15) is 19.1 Å². The third-order valence-corrected chi connectivity index (χ3v) is 7.19. The first kappa shape index (κ1) is 24.2. The van der Waals surface area contributed by atoms with E-state index >= 15 is 0 Å². The number of hydrogen-bond acceptors (Lipinski definition) is 4. The van der Waals surface area contributed by atoms with Crippen molar-refractivity contribution in [2.75, 3.05) is 39.4 Å². The second kappa shape index (κ2) is 11.0. The summed E-state index contributed by atoms with van der Waals surface area (Å²) in [5.74, 6) is 0.108. The molecule has 34 heavy (non-hydrogen) atoms. The zero-order valence-corrected chi connectivity index (χ0v) is 19.5. The van der Waals surface area contributed by atoms with E-state index in [4.69, 9.17) is 4.74 Å². The number of para-hydroxylation sites is 1. The fraction of sp³-hybridized carbons (Fsp3) is 0.481. The van der Waals surface area contributed by atoms with Crippen LogP contribution in [-0.2, 0) is 11.2 Å². The van der Waals surface area contributed by atoms with Gasteiger partial charge in [-0.1, -0.05) is 30.7 Å². The normalized spacial score (nSPS) is 19.1. The average Bonchev–Trinajstić information content (AvgIpc) is 2.87. The van der Waals surface area contributed by atoms with Gasteiger partial charge in [0.2, 0.25) is 5.91 Å². The second-order valence-corrected chi connectivity index (χ2v) is 9.44. The Morgan fingerprint density at radius 1 is 0.971 bits per heavy atom. The van der Waals surface area contributed by atoms with E-state index in [0.717, 1.165) is 37.7 Å². The highest BCUT2D eigenvalue weighted by atomic mass is 19.1. The molecular weight excluding hydrogens is 435 g/mol. The number of hydrogen-bond donors (Lipinski definition) is 1. The van der Waals surface area contributed by atoms with Crippen molar-refractivity contribution in [1.29, 1.82) is 0 Å². The van der Waals surface area contributed by atoms with E-state index < -0.39 is 0 Å². The number of halogens is 1. The molecule has 2 bridgehead atoms. The van der Waals surface area contributed by atoms with Gasteiger partial charge in [-0.3, -0.25) is 9.59 Å². The van der Waals surface area contributed by atoms with Crippen molar-refractivity contribution < 1.29 is 23.8 Å². The van der Waals surface area contributed by atoms with Crippen molar-refractivity contribution in [1.82, 2.24) is 9.80 Å². The van der Waals surface area contributed by atoms with Crippen molar-refractivity contribution in [3.8, 4) is 5.75 Å². The van der Waals surface area contributed by atoms with Gasteiger partial charge in [0.05, 0.1) is 18.5 Å². The zero-order chi connectivity index (χ0) is 24.0. The summed E-state index contributed by atoms with van der Waals surface area (Å²) in [4.78, 5) is 29.9. The molecule has 3 aliphatic rings. The molecule has 5 rings (SSSR count). The molecule has 3 heterocycles. The number of piperidine rings is 1. The second-order valence-electron chi connectivity index (χ2n) is 9.44. The monoisotopic (exact) mass is 468 g/mol. The highest BCUT2D eigenvalue weighted by molar-refractivity contribution is 5.97. The maximum Gasteiger partial charge on any atom is 0.257 e. The maximum atomic E-state index is 13.2. The Hall–Kier alpha value is -2.93. The number of carbonyl (C=O) groups excluding carboxylic acids is 2. The molecule has 7 heteroatoms. The first-order valence-electron chi connectivity index (χ1n) is 12.1. The number of amides is 2. The smallest absolute Gasteiger partial charge is 0.257 e. The van der Waals surface area contributed by atoms with Crippen LogP contribution in [0.5, 0.6) is 5.75 Å². The van der Waals surface area contributed by atoms with E-state index in [0.29, 0.717) is 37.5 Å². The molecule has 2 aromatic carbocycles. The fourth-order valence-corrected chi connectivity index (χ4v) is 4.93. The summed E-state index contributed by atoms with van der Waals surface area (Å²) in [6.45, 7) is 2.63. The molecule has 182 valence electrons. The minimum Gasteiger partial charge on any atom is -0.491 e. The Balaban J connectivity index is 1.52. The molecular formula is C27H33FN2O4. The van der Waals surface area contributed by atoms with E-state index in [1.165, 1.54) is 12.1 Å². The van der Waals surface area contributed by atoms with Gasteiger partial charge in [0.1, 0.15) is 18.2 Å². The summed E-state index contributed by atoms with van der Waals surface area (Å²) in [5.41, 5.74) is 1.12. The first-order valence-corrected chi connectivity index (χ1v) is 12.1. The SMILES string of the molecule is O=C(Cc1ccc(F)cc1)N1CCCCC2(CO)CCN(CC2)C(=O)c2ccccc2OCC1. The Morgan fingerprint density at radius 2 is 1.71 bits per heavy atom. The van der Waals surface area contributed by atoms with Gasteiger partial charge < -0.3 is 19.6 Å². The minimum absolute atomic E-state index is 0.0344. The van der Waals surface area contributed by atoms with E-state index in [1.807, 2.05) is 17.0 Å². The first-order chi connectivity index (χ1) is 16.5. The number of aliphatic hydroxyl groups is 1. The van der Waals surface area contributed by atoms with E-state index in [1.54, 1.807) is 29.2 Å². The van der Waals surface area contributed by atoms with Crippen LogP contribution in [0.25, 0.3) is 0 Å². The minimum atomic E-state index is -0.324. The number of fused-ring (bicyclic) bond motifs is 9. The van der Waals surface area contributed by atoms with Crippen LogP contribution in [0.2, 0.25) is 0 Å². The summed E-state index contributed by atoms with van der Waals surface area (Å²) >= 11 is 0. The standard InChI is InChI=1S/C27H33FN2O4/c28-22-9-7-21(8-10-22)19-25(32)29-14-4-3-11-27(20-31)12-15-30(16-13-27)26(33)23-5-1-2-6-24(23)34-18-17-29/h1-2,5-10,31H,3-4,11-20H2. The van der Waals surface area contributed by atoms with Gasteiger partial charge >= 0.3 is 0 Å². The van der Waals surface area contributed by atoms with E-state index in [2.05, 4.69) is 0 Å². The number of nitrogens with zero attached hydrogens (tertiary/aromatic N) is 2. The third-order valence-electron chi connectivity index (χ3n) is 7.19. The van der Waals surface area contributed by atoms with Gasteiger partial charge in [0, 0.05) is 26.2 Å². The van der Waals surface area contributed by atoms with Crippen molar-refractivity contribution in [2.24, 2.45) is 5.41 Å². The summed E-state index contributed by atoms with van der Waals surface area (Å²) in [5, 5.41) is 10.1. The number of carbonyl (C=O) groups is 2. The Kier molecular flexibility index (Phi) is 7.83. The topological polar surface area (TPSA) is 70.1 Å². The quantitative estimate of drug-likeness (QED) is 0.746. The summed E-state index contributed by atoms with van der Waals surface area (Å²) < 4.78 is 19.2. The van der Waals surface area contributed by atoms with Crippen molar-refractivity contribution in [3.63, 3.8) is 0 Å². The molecule has 2 aromatic rings. The maximum absolute atomic E-state index is 13.2. The van der Waals surface area contributed by atoms with Crippen LogP contribution in [0.3, 0.4) is 0 Å². The highest BCUT2D eigenvalue weighted by Crippen LogP contribution is 2.37. The van der Waals surface area contributed by atoms with Gasteiger partial charge in [-0.25, -0.2) is 4.39 Å². The zero-order valence-electron chi connectivity index (χ0n) is 19.5. The molecule has 0 saturated carbocycles. The largest absolute Gasteiger partial charge is 0.491 e. The fourth-order valence-electron chi connectivity index (χ4n) is 4.93. The molecule has 0 aliphatic carbocycles. The number of rotatable bonds is 3. The van der Waals surface area contributed by atoms with E-state index in [-0.39, 0.29) is 42.7 Å². The van der Waals surface area contributed by atoms with Crippen LogP contribution in [-0.4, -0.2) is 66.1 Å². The van der Waals surface area contributed by atoms with Gasteiger partial charge in [-0.15, -0.1) is 0 Å².